The van der Waals surface area contributed by atoms with E-state index in [0.717, 1.165) is 54.3 Å². The zero-order valence-corrected chi connectivity index (χ0v) is 16.7. The number of furan rings is 1. The van der Waals surface area contributed by atoms with E-state index in [-0.39, 0.29) is 0 Å². The van der Waals surface area contributed by atoms with Crippen molar-refractivity contribution in [2.45, 2.75) is 12.8 Å². The third kappa shape index (κ3) is 3.98. The predicted octanol–water partition coefficient (Wildman–Crippen LogP) is 4.61. The predicted molar refractivity (Wildman–Crippen MR) is 116 cm³/mol. The number of nitrogens with one attached hydrogen (secondary N) is 1. The first kappa shape index (κ1) is 19.1. The fourth-order valence-corrected chi connectivity index (χ4v) is 3.42. The van der Waals surface area contributed by atoms with Crippen LogP contribution in [0.5, 0.6) is 0 Å². The van der Waals surface area contributed by atoms with Crippen LogP contribution in [-0.2, 0) is 0 Å². The molecular formula is C23H24N4O2. The van der Waals surface area contributed by atoms with E-state index in [4.69, 9.17) is 9.40 Å². The van der Waals surface area contributed by atoms with Crippen LogP contribution in [0, 0.1) is 0 Å². The minimum absolute atomic E-state index is 0.405. The second-order valence-corrected chi connectivity index (χ2v) is 7.31. The van der Waals surface area contributed by atoms with Crippen molar-refractivity contribution in [2.75, 3.05) is 32.5 Å². The molecule has 0 spiro atoms. The molecule has 0 radical (unpaired) electrons. The van der Waals surface area contributed by atoms with Gasteiger partial charge >= 0.3 is 0 Å². The first-order chi connectivity index (χ1) is 14.2. The van der Waals surface area contributed by atoms with Gasteiger partial charge in [0, 0.05) is 17.3 Å². The molecule has 0 amide bonds. The van der Waals surface area contributed by atoms with Crippen molar-refractivity contribution in [3.05, 3.63) is 54.1 Å². The van der Waals surface area contributed by atoms with Crippen LogP contribution in [0.4, 0.5) is 5.82 Å². The fraction of sp³-hybridized carbons (Fsp3) is 0.261. The van der Waals surface area contributed by atoms with E-state index in [9.17, 15) is 4.79 Å². The summed E-state index contributed by atoms with van der Waals surface area (Å²) in [4.78, 5) is 23.4. The van der Waals surface area contributed by atoms with E-state index in [2.05, 4.69) is 29.3 Å². The number of fused-ring (bicyclic) bond motifs is 2. The summed E-state index contributed by atoms with van der Waals surface area (Å²) in [7, 11) is 4.16. The molecule has 0 aliphatic heterocycles. The quantitative estimate of drug-likeness (QED) is 0.351. The summed E-state index contributed by atoms with van der Waals surface area (Å²) in [5.74, 6) is 1.58. The molecule has 0 atom stereocenters. The number of carbonyl (C=O) groups is 1. The number of unbranched alkanes of at least 4 members (excludes halogenated alkanes) is 1. The molecule has 0 saturated carbocycles. The van der Waals surface area contributed by atoms with Gasteiger partial charge in [-0.25, -0.2) is 9.97 Å². The van der Waals surface area contributed by atoms with Crippen LogP contribution in [-0.4, -0.2) is 48.3 Å². The topological polar surface area (TPSA) is 71.3 Å². The maximum absolute atomic E-state index is 11.8. The van der Waals surface area contributed by atoms with Gasteiger partial charge in [0.15, 0.2) is 17.9 Å². The van der Waals surface area contributed by atoms with Crippen molar-refractivity contribution in [2.24, 2.45) is 0 Å². The van der Waals surface area contributed by atoms with Gasteiger partial charge in [-0.2, -0.15) is 0 Å². The smallest absolute Gasteiger partial charge is 0.199 e. The number of anilines is 1. The number of hydrogen-bond donors (Lipinski definition) is 1. The number of aldehydes is 1. The van der Waals surface area contributed by atoms with Crippen LogP contribution in [0.25, 0.3) is 33.5 Å². The molecule has 148 valence electrons. The van der Waals surface area contributed by atoms with Crippen molar-refractivity contribution < 1.29 is 9.21 Å². The number of carbonyl (C=O) groups excluding carboxylic acids is 1. The monoisotopic (exact) mass is 388 g/mol. The highest BCUT2D eigenvalue weighted by Crippen LogP contribution is 2.32. The lowest BCUT2D eigenvalue weighted by Gasteiger charge is -2.12. The van der Waals surface area contributed by atoms with E-state index < -0.39 is 0 Å². The molecule has 0 fully saturated rings. The summed E-state index contributed by atoms with van der Waals surface area (Å²) < 4.78 is 5.96. The lowest BCUT2D eigenvalue weighted by molar-refractivity contribution is 0.112. The zero-order valence-electron chi connectivity index (χ0n) is 16.7. The van der Waals surface area contributed by atoms with Crippen molar-refractivity contribution in [3.8, 4) is 11.6 Å². The van der Waals surface area contributed by atoms with Gasteiger partial charge in [0.05, 0.1) is 11.1 Å². The van der Waals surface area contributed by atoms with Crippen molar-refractivity contribution in [1.82, 2.24) is 14.9 Å². The van der Waals surface area contributed by atoms with Crippen LogP contribution in [0.1, 0.15) is 23.2 Å². The summed E-state index contributed by atoms with van der Waals surface area (Å²) in [6.07, 6.45) is 2.96. The third-order valence-electron chi connectivity index (χ3n) is 4.88. The maximum Gasteiger partial charge on any atom is 0.199 e. The molecule has 0 aliphatic rings. The van der Waals surface area contributed by atoms with Gasteiger partial charge in [-0.15, -0.1) is 0 Å². The van der Waals surface area contributed by atoms with Crippen LogP contribution in [0.15, 0.2) is 52.9 Å². The first-order valence-corrected chi connectivity index (χ1v) is 9.80. The summed E-state index contributed by atoms with van der Waals surface area (Å²) >= 11 is 0. The fourth-order valence-electron chi connectivity index (χ4n) is 3.42. The second-order valence-electron chi connectivity index (χ2n) is 7.31. The molecule has 4 aromatic rings. The Kier molecular flexibility index (Phi) is 5.53. The molecule has 1 N–H and O–H groups in total. The Bertz CT molecular complexity index is 1150. The maximum atomic E-state index is 11.8. The summed E-state index contributed by atoms with van der Waals surface area (Å²) in [6, 6.07) is 15.3. The minimum Gasteiger partial charge on any atom is -0.452 e. The highest BCUT2D eigenvalue weighted by atomic mass is 16.3. The van der Waals surface area contributed by atoms with Gasteiger partial charge in [-0.3, -0.25) is 4.79 Å². The SMILES string of the molecule is CN(C)CCCCNc1nc(-c2oc3ccccc3c2C=O)nc2ccccc12. The summed E-state index contributed by atoms with van der Waals surface area (Å²) in [5.41, 5.74) is 1.94. The van der Waals surface area contributed by atoms with Gasteiger partial charge in [-0.1, -0.05) is 30.3 Å². The highest BCUT2D eigenvalue weighted by Gasteiger charge is 2.19. The molecular weight excluding hydrogens is 364 g/mol. The number of benzene rings is 2. The van der Waals surface area contributed by atoms with Crippen LogP contribution in [0.3, 0.4) is 0 Å². The van der Waals surface area contributed by atoms with E-state index >= 15 is 0 Å². The summed E-state index contributed by atoms with van der Waals surface area (Å²) in [6.45, 7) is 1.87. The lowest BCUT2D eigenvalue weighted by Crippen LogP contribution is -2.14. The molecule has 6 heteroatoms. The molecule has 4 rings (SSSR count). The van der Waals surface area contributed by atoms with Gasteiger partial charge in [-0.05, 0) is 51.7 Å². The summed E-state index contributed by atoms with van der Waals surface area (Å²) in [5, 5.41) is 5.17. The second kappa shape index (κ2) is 8.41. The van der Waals surface area contributed by atoms with Gasteiger partial charge in [0.25, 0.3) is 0 Å². The number of para-hydroxylation sites is 2. The standard InChI is InChI=1S/C23H24N4O2/c1-27(2)14-8-7-13-24-22-17-10-3-5-11-19(17)25-23(26-22)21-18(15-28)16-9-4-6-12-20(16)29-21/h3-6,9-12,15H,7-8,13-14H2,1-2H3,(H,24,25,26). The Balaban J connectivity index is 1.72. The lowest BCUT2D eigenvalue weighted by atomic mass is 10.1. The van der Waals surface area contributed by atoms with E-state index in [1.807, 2.05) is 48.5 Å². The molecule has 2 heterocycles. The molecule has 0 saturated heterocycles. The van der Waals surface area contributed by atoms with Gasteiger partial charge < -0.3 is 14.6 Å². The van der Waals surface area contributed by atoms with Crippen molar-refractivity contribution in [1.29, 1.82) is 0 Å². The van der Waals surface area contributed by atoms with E-state index in [0.29, 0.717) is 22.7 Å². The Hall–Kier alpha value is -3.25. The van der Waals surface area contributed by atoms with Crippen LogP contribution in [0.2, 0.25) is 0 Å². The molecule has 2 aromatic heterocycles. The highest BCUT2D eigenvalue weighted by molar-refractivity contribution is 6.02. The normalized spacial score (nSPS) is 11.4. The number of nitrogens with zero attached hydrogens (tertiary/aromatic N) is 3. The molecule has 0 aliphatic carbocycles. The average Bonchev–Trinajstić information content (AvgIpc) is 3.11. The van der Waals surface area contributed by atoms with Gasteiger partial charge in [0.2, 0.25) is 0 Å². The molecule has 0 unspecified atom stereocenters. The zero-order chi connectivity index (χ0) is 20.2. The first-order valence-electron chi connectivity index (χ1n) is 9.80. The Morgan fingerprint density at radius 3 is 2.55 bits per heavy atom. The molecule has 0 bridgehead atoms. The number of aromatic nitrogens is 2. The molecule has 2 aromatic carbocycles. The van der Waals surface area contributed by atoms with Crippen molar-refractivity contribution in [3.63, 3.8) is 0 Å². The van der Waals surface area contributed by atoms with E-state index in [1.165, 1.54) is 0 Å². The number of rotatable bonds is 8. The third-order valence-corrected chi connectivity index (χ3v) is 4.88. The van der Waals surface area contributed by atoms with Crippen LogP contribution >= 0.6 is 0 Å². The van der Waals surface area contributed by atoms with E-state index in [1.54, 1.807) is 0 Å². The van der Waals surface area contributed by atoms with Crippen LogP contribution < -0.4 is 5.32 Å². The largest absolute Gasteiger partial charge is 0.452 e. The Labute approximate surface area is 169 Å². The van der Waals surface area contributed by atoms with Gasteiger partial charge in [0.1, 0.15) is 11.4 Å². The molecule has 29 heavy (non-hydrogen) atoms. The Morgan fingerprint density at radius 1 is 1.00 bits per heavy atom. The number of hydrogen-bond acceptors (Lipinski definition) is 6. The molecule has 6 nitrogen and oxygen atoms in total. The van der Waals surface area contributed by atoms with Crippen molar-refractivity contribution >= 4 is 34.0 Å². The Morgan fingerprint density at radius 2 is 1.76 bits per heavy atom. The average molecular weight is 388 g/mol. The minimum atomic E-state index is 0.405.